The van der Waals surface area contributed by atoms with Crippen molar-refractivity contribution in [1.82, 2.24) is 20.6 Å². The number of hydrogen-bond donors (Lipinski definition) is 4. The molecule has 2 amide bonds. The topological polar surface area (TPSA) is 89.8 Å². The summed E-state index contributed by atoms with van der Waals surface area (Å²) in [5.41, 5.74) is 8.87. The third-order valence-electron chi connectivity index (χ3n) is 9.34. The van der Waals surface area contributed by atoms with E-state index in [1.165, 1.54) is 12.1 Å². The van der Waals surface area contributed by atoms with E-state index in [1.54, 1.807) is 0 Å². The number of fused-ring (bicyclic) bond motifs is 2. The molecule has 0 unspecified atom stereocenters. The van der Waals surface area contributed by atoms with Crippen LogP contribution in [-0.4, -0.2) is 21.8 Å². The molecule has 7 aromatic rings. The first-order chi connectivity index (χ1) is 24.5. The Balaban J connectivity index is 1.24. The molecule has 0 saturated carbocycles. The summed E-state index contributed by atoms with van der Waals surface area (Å²) in [4.78, 5) is 33.7. The largest absolute Gasteiger partial charge is 0.357 e. The van der Waals surface area contributed by atoms with Gasteiger partial charge in [0, 0.05) is 59.1 Å². The Labute approximate surface area is 290 Å². The van der Waals surface area contributed by atoms with Crippen LogP contribution in [0.5, 0.6) is 0 Å². The van der Waals surface area contributed by atoms with Crippen LogP contribution >= 0.6 is 0 Å². The molecule has 4 N–H and O–H groups in total. The molecule has 2 heterocycles. The average Bonchev–Trinajstić information content (AvgIpc) is 3.71. The zero-order valence-electron chi connectivity index (χ0n) is 27.7. The number of benzene rings is 5. The predicted molar refractivity (Wildman–Crippen MR) is 197 cm³/mol. The second-order valence-electron chi connectivity index (χ2n) is 12.6. The molecular weight excluding hydrogens is 623 g/mol. The van der Waals surface area contributed by atoms with Gasteiger partial charge in [-0.1, -0.05) is 109 Å². The van der Waals surface area contributed by atoms with E-state index < -0.39 is 0 Å². The standard InChI is InChI=1S/C43H39FN4O2/c44-32-21-19-31(20-22-32)41(42-35(33-15-7-9-17-37(33)47-42)23-25-39(49)45-27-29-11-3-1-4-12-29)43-36(34-16-8-10-18-38(34)48-43)24-26-40(50)46-28-30-13-5-2-6-14-30/h1-22,41,47-48H,23-28H2,(H,45,49)(H,46,50). The van der Waals surface area contributed by atoms with Gasteiger partial charge in [0.1, 0.15) is 5.82 Å². The predicted octanol–water partition coefficient (Wildman–Crippen LogP) is 8.47. The third-order valence-corrected chi connectivity index (χ3v) is 9.34. The van der Waals surface area contributed by atoms with Crippen LogP contribution < -0.4 is 10.6 Å². The molecule has 5 aromatic carbocycles. The number of H-pyrrole nitrogens is 2. The lowest BCUT2D eigenvalue weighted by Gasteiger charge is -2.20. The van der Waals surface area contributed by atoms with Gasteiger partial charge in [-0.3, -0.25) is 9.59 Å². The van der Waals surface area contributed by atoms with Crippen molar-refractivity contribution < 1.29 is 14.0 Å². The van der Waals surface area contributed by atoms with E-state index in [4.69, 9.17) is 0 Å². The first-order valence-electron chi connectivity index (χ1n) is 17.1. The van der Waals surface area contributed by atoms with Gasteiger partial charge < -0.3 is 20.6 Å². The number of aromatic nitrogens is 2. The molecule has 250 valence electrons. The highest BCUT2D eigenvalue weighted by Crippen LogP contribution is 2.40. The van der Waals surface area contributed by atoms with Crippen LogP contribution in [0.3, 0.4) is 0 Å². The zero-order chi connectivity index (χ0) is 34.3. The third kappa shape index (κ3) is 7.37. The first-order valence-corrected chi connectivity index (χ1v) is 17.1. The fraction of sp³-hybridized carbons (Fsp3) is 0.163. The van der Waals surface area contributed by atoms with Gasteiger partial charge in [0.15, 0.2) is 0 Å². The fourth-order valence-electron chi connectivity index (χ4n) is 6.85. The Hall–Kier alpha value is -5.95. The van der Waals surface area contributed by atoms with Crippen LogP contribution in [0.25, 0.3) is 21.8 Å². The quantitative estimate of drug-likeness (QED) is 0.0998. The van der Waals surface area contributed by atoms with Crippen molar-refractivity contribution in [3.05, 3.63) is 178 Å². The van der Waals surface area contributed by atoms with E-state index in [1.807, 2.05) is 109 Å². The summed E-state index contributed by atoms with van der Waals surface area (Å²) in [6, 6.07) is 42.6. The number of carbonyl (C=O) groups excluding carboxylic acids is 2. The molecule has 0 spiro atoms. The molecule has 50 heavy (non-hydrogen) atoms. The highest BCUT2D eigenvalue weighted by Gasteiger charge is 2.28. The van der Waals surface area contributed by atoms with Gasteiger partial charge in [-0.15, -0.1) is 0 Å². The molecule has 6 nitrogen and oxygen atoms in total. The Morgan fingerprint density at radius 1 is 0.540 bits per heavy atom. The SMILES string of the molecule is O=C(CCc1c(C(c2ccc(F)cc2)c2[nH]c3ccccc3c2CCC(=O)NCc2ccccc2)[nH]c2ccccc12)NCc1ccccc1. The second-order valence-corrected chi connectivity index (χ2v) is 12.6. The fourth-order valence-corrected chi connectivity index (χ4v) is 6.85. The molecular formula is C43H39FN4O2. The number of hydrogen-bond acceptors (Lipinski definition) is 2. The molecule has 2 aromatic heterocycles. The maximum absolute atomic E-state index is 14.4. The minimum Gasteiger partial charge on any atom is -0.357 e. The van der Waals surface area contributed by atoms with E-state index in [-0.39, 0.29) is 23.5 Å². The molecule has 0 aliphatic heterocycles. The van der Waals surface area contributed by atoms with Crippen LogP contribution in [0, 0.1) is 5.82 Å². The van der Waals surface area contributed by atoms with Gasteiger partial charge in [0.05, 0.1) is 5.92 Å². The summed E-state index contributed by atoms with van der Waals surface area (Å²) in [5, 5.41) is 8.23. The van der Waals surface area contributed by atoms with Crippen LogP contribution in [0.4, 0.5) is 4.39 Å². The lowest BCUT2D eigenvalue weighted by atomic mass is 9.85. The highest BCUT2D eigenvalue weighted by atomic mass is 19.1. The molecule has 0 aliphatic carbocycles. The summed E-state index contributed by atoms with van der Waals surface area (Å²) in [7, 11) is 0. The Morgan fingerprint density at radius 2 is 0.960 bits per heavy atom. The maximum Gasteiger partial charge on any atom is 0.220 e. The van der Waals surface area contributed by atoms with Crippen LogP contribution in [0.1, 0.15) is 58.0 Å². The van der Waals surface area contributed by atoms with Crippen LogP contribution in [0.2, 0.25) is 0 Å². The maximum atomic E-state index is 14.4. The van der Waals surface area contributed by atoms with Crippen molar-refractivity contribution in [3.63, 3.8) is 0 Å². The number of aromatic amines is 2. The lowest BCUT2D eigenvalue weighted by molar-refractivity contribution is -0.122. The summed E-state index contributed by atoms with van der Waals surface area (Å²) in [5.74, 6) is -0.723. The second kappa shape index (κ2) is 15.1. The zero-order valence-corrected chi connectivity index (χ0v) is 27.7. The Morgan fingerprint density at radius 3 is 1.42 bits per heavy atom. The van der Waals surface area contributed by atoms with Gasteiger partial charge in [-0.05, 0) is 64.9 Å². The molecule has 7 rings (SSSR count). The van der Waals surface area contributed by atoms with Crippen molar-refractivity contribution in [2.24, 2.45) is 0 Å². The molecule has 0 fully saturated rings. The Kier molecular flexibility index (Phi) is 9.83. The van der Waals surface area contributed by atoms with Crippen molar-refractivity contribution in [2.45, 2.75) is 44.7 Å². The summed E-state index contributed by atoms with van der Waals surface area (Å²) >= 11 is 0. The van der Waals surface area contributed by atoms with Crippen LogP contribution in [0.15, 0.2) is 133 Å². The molecule has 0 bridgehead atoms. The number of halogens is 1. The van der Waals surface area contributed by atoms with Crippen molar-refractivity contribution in [1.29, 1.82) is 0 Å². The minimum atomic E-state index is -0.347. The van der Waals surface area contributed by atoms with Gasteiger partial charge >= 0.3 is 0 Å². The number of aryl methyl sites for hydroxylation is 2. The normalized spacial score (nSPS) is 11.3. The van der Waals surface area contributed by atoms with Gasteiger partial charge in [-0.25, -0.2) is 4.39 Å². The van der Waals surface area contributed by atoms with Crippen molar-refractivity contribution in [2.75, 3.05) is 0 Å². The van der Waals surface area contributed by atoms with Gasteiger partial charge in [-0.2, -0.15) is 0 Å². The molecule has 0 saturated heterocycles. The number of rotatable bonds is 13. The number of para-hydroxylation sites is 2. The van der Waals surface area contributed by atoms with Crippen molar-refractivity contribution in [3.8, 4) is 0 Å². The summed E-state index contributed by atoms with van der Waals surface area (Å²) in [6.45, 7) is 0.936. The smallest absolute Gasteiger partial charge is 0.220 e. The molecule has 0 aliphatic rings. The van der Waals surface area contributed by atoms with E-state index >= 15 is 0 Å². The van der Waals surface area contributed by atoms with Crippen LogP contribution in [-0.2, 0) is 35.5 Å². The van der Waals surface area contributed by atoms with E-state index in [0.717, 1.165) is 61.0 Å². The van der Waals surface area contributed by atoms with Gasteiger partial charge in [0.25, 0.3) is 0 Å². The average molecular weight is 663 g/mol. The highest BCUT2D eigenvalue weighted by molar-refractivity contribution is 5.89. The molecule has 0 radical (unpaired) electrons. The van der Waals surface area contributed by atoms with Gasteiger partial charge in [0.2, 0.25) is 11.8 Å². The number of nitrogens with one attached hydrogen (secondary N) is 4. The number of amides is 2. The van der Waals surface area contributed by atoms with E-state index in [2.05, 4.69) is 32.7 Å². The van der Waals surface area contributed by atoms with Crippen molar-refractivity contribution >= 4 is 33.6 Å². The number of carbonyl (C=O) groups is 2. The molecule has 7 heteroatoms. The van der Waals surface area contributed by atoms with E-state index in [9.17, 15) is 14.0 Å². The van der Waals surface area contributed by atoms with E-state index in [0.29, 0.717) is 38.8 Å². The lowest BCUT2D eigenvalue weighted by Crippen LogP contribution is -2.23. The Bertz CT molecular complexity index is 2090. The summed E-state index contributed by atoms with van der Waals surface area (Å²) in [6.07, 6.45) is 1.63. The first kappa shape index (κ1) is 32.6. The monoisotopic (exact) mass is 662 g/mol. The summed E-state index contributed by atoms with van der Waals surface area (Å²) < 4.78 is 14.4. The molecule has 0 atom stereocenters. The minimum absolute atomic E-state index is 0.0313.